The largest absolute Gasteiger partial charge is 0.447 e. The molecule has 4 amide bonds. The molecular formula is C29H42N10O7S. The van der Waals surface area contributed by atoms with E-state index in [0.29, 0.717) is 30.1 Å². The van der Waals surface area contributed by atoms with Crippen molar-refractivity contribution in [2.45, 2.75) is 67.3 Å². The van der Waals surface area contributed by atoms with Crippen molar-refractivity contribution < 1.29 is 34.1 Å². The number of nitrogens with one attached hydrogen (secondary N) is 4. The number of aliphatic imine (C=N–C) groups is 2. The number of imide groups is 1. The molecule has 1 aromatic rings. The van der Waals surface area contributed by atoms with E-state index in [-0.39, 0.29) is 55.6 Å². The Kier molecular flexibility index (Phi) is 10.4. The van der Waals surface area contributed by atoms with Gasteiger partial charge in [-0.25, -0.2) is 19.7 Å². The molecule has 0 aromatic heterocycles. The van der Waals surface area contributed by atoms with Crippen LogP contribution in [0.2, 0.25) is 0 Å². The summed E-state index contributed by atoms with van der Waals surface area (Å²) >= 11 is 1.34. The molecular weight excluding hydrogens is 632 g/mol. The van der Waals surface area contributed by atoms with Gasteiger partial charge in [-0.2, -0.15) is 0 Å². The van der Waals surface area contributed by atoms with Crippen molar-refractivity contribution in [3.63, 3.8) is 0 Å². The second-order valence-corrected chi connectivity index (χ2v) is 13.1. The Morgan fingerprint density at radius 1 is 1.13 bits per heavy atom. The summed E-state index contributed by atoms with van der Waals surface area (Å²) < 4.78 is 5.38. The molecule has 4 atom stereocenters. The number of hydrogen-bond acceptors (Lipinski definition) is 15. The van der Waals surface area contributed by atoms with Gasteiger partial charge < -0.3 is 47.3 Å². The van der Waals surface area contributed by atoms with Gasteiger partial charge in [-0.1, -0.05) is 6.42 Å². The van der Waals surface area contributed by atoms with Gasteiger partial charge in [0.2, 0.25) is 23.5 Å². The maximum Gasteiger partial charge on any atom is 0.411 e. The minimum absolute atomic E-state index is 0.0144. The standard InChI is InChI=1S/C29H42N10O7S/c1-32-11-4-2-3-5-21(40)33-12-14-47-20-15-22(41)39(24(20)42)18-8-6-17(7-9-18)34-27(43)46-16-19-23-29(37-25(30)36-23)28(44,45)10-13-38(29)26(31)35-19/h6-9,19-20,23,32,44-45H,2-5,10-16H2,1H3,(H2,31,35)(H,33,40)(H,34,43)(H3,30,36,37). The van der Waals surface area contributed by atoms with Gasteiger partial charge >= 0.3 is 6.09 Å². The first kappa shape index (κ1) is 34.2. The van der Waals surface area contributed by atoms with E-state index in [0.717, 1.165) is 30.7 Å². The lowest BCUT2D eigenvalue weighted by atomic mass is 9.87. The molecule has 17 nitrogen and oxygen atoms in total. The number of nitrogens with two attached hydrogens (primary N) is 2. The number of unbranched alkanes of at least 4 members (excludes halogenated alkanes) is 2. The molecule has 47 heavy (non-hydrogen) atoms. The Bertz CT molecular complexity index is 1420. The topological polar surface area (TPSA) is 249 Å². The lowest BCUT2D eigenvalue weighted by Gasteiger charge is -2.48. The summed E-state index contributed by atoms with van der Waals surface area (Å²) in [4.78, 5) is 61.7. The van der Waals surface area contributed by atoms with E-state index in [9.17, 15) is 29.4 Å². The maximum absolute atomic E-state index is 13.0. The number of carbonyl (C=O) groups excluding carboxylic acids is 4. The van der Waals surface area contributed by atoms with E-state index in [1.54, 1.807) is 12.1 Å². The average Bonchev–Trinajstić information content (AvgIpc) is 3.63. The predicted octanol–water partition coefficient (Wildman–Crippen LogP) is -1.44. The highest BCUT2D eigenvalue weighted by Gasteiger charge is 2.69. The number of nitrogens with zero attached hydrogens (tertiary/aromatic N) is 4. The second kappa shape index (κ2) is 14.3. The Morgan fingerprint density at radius 2 is 1.89 bits per heavy atom. The number of aliphatic hydroxyl groups is 2. The summed E-state index contributed by atoms with van der Waals surface area (Å²) in [5.41, 5.74) is 11.2. The van der Waals surface area contributed by atoms with Gasteiger partial charge in [0.25, 0.3) is 0 Å². The summed E-state index contributed by atoms with van der Waals surface area (Å²) in [5, 5.41) is 32.3. The number of thioether (sulfide) groups is 1. The van der Waals surface area contributed by atoms with Crippen molar-refractivity contribution in [2.75, 3.05) is 49.3 Å². The molecule has 256 valence electrons. The van der Waals surface area contributed by atoms with Crippen LogP contribution in [0.25, 0.3) is 0 Å². The monoisotopic (exact) mass is 674 g/mol. The Hall–Kier alpha value is -4.13. The van der Waals surface area contributed by atoms with E-state index in [1.165, 1.54) is 28.8 Å². The quantitative estimate of drug-likeness (QED) is 0.0641. The molecule has 0 radical (unpaired) electrons. The van der Waals surface area contributed by atoms with Crippen LogP contribution in [0.15, 0.2) is 34.3 Å². The van der Waals surface area contributed by atoms with E-state index in [1.807, 2.05) is 7.05 Å². The first-order valence-electron chi connectivity index (χ1n) is 15.6. The Balaban J connectivity index is 1.08. The molecule has 0 bridgehead atoms. The van der Waals surface area contributed by atoms with Crippen LogP contribution in [0.4, 0.5) is 16.2 Å². The number of hydrogen-bond donors (Lipinski definition) is 8. The number of anilines is 2. The van der Waals surface area contributed by atoms with Gasteiger partial charge in [-0.3, -0.25) is 19.7 Å². The van der Waals surface area contributed by atoms with Crippen molar-refractivity contribution in [1.82, 2.24) is 20.9 Å². The van der Waals surface area contributed by atoms with E-state index in [2.05, 4.69) is 31.3 Å². The van der Waals surface area contributed by atoms with E-state index >= 15 is 0 Å². The highest BCUT2D eigenvalue weighted by atomic mass is 32.2. The third kappa shape index (κ3) is 7.09. The molecule has 4 unspecified atom stereocenters. The fourth-order valence-corrected chi connectivity index (χ4v) is 7.33. The molecule has 18 heteroatoms. The Morgan fingerprint density at radius 3 is 2.64 bits per heavy atom. The number of carbonyl (C=O) groups is 4. The first-order valence-corrected chi connectivity index (χ1v) is 16.6. The van der Waals surface area contributed by atoms with Crippen LogP contribution in [0.1, 0.15) is 38.5 Å². The van der Waals surface area contributed by atoms with Gasteiger partial charge in [-0.15, -0.1) is 11.8 Å². The molecule has 0 saturated carbocycles. The lowest BCUT2D eigenvalue weighted by molar-refractivity contribution is -0.221. The molecule has 10 N–H and O–H groups in total. The van der Waals surface area contributed by atoms with Crippen LogP contribution < -0.4 is 37.6 Å². The van der Waals surface area contributed by atoms with Gasteiger partial charge in [0.1, 0.15) is 18.7 Å². The predicted molar refractivity (Wildman–Crippen MR) is 175 cm³/mol. The number of rotatable bonds is 14. The van der Waals surface area contributed by atoms with Crippen LogP contribution in [0.3, 0.4) is 0 Å². The normalized spacial score (nSPS) is 25.9. The summed E-state index contributed by atoms with van der Waals surface area (Å²) in [5.74, 6) is -2.37. The number of ether oxygens (including phenoxy) is 1. The maximum atomic E-state index is 13.0. The van der Waals surface area contributed by atoms with Crippen LogP contribution in [0, 0.1) is 0 Å². The highest BCUT2D eigenvalue weighted by molar-refractivity contribution is 8.00. The molecule has 0 aliphatic carbocycles. The minimum Gasteiger partial charge on any atom is -0.447 e. The number of guanidine groups is 2. The third-order valence-corrected chi connectivity index (χ3v) is 9.83. The van der Waals surface area contributed by atoms with Crippen molar-refractivity contribution in [2.24, 2.45) is 21.5 Å². The van der Waals surface area contributed by atoms with Crippen molar-refractivity contribution in [3.8, 4) is 0 Å². The van der Waals surface area contributed by atoms with Gasteiger partial charge in [-0.05, 0) is 50.7 Å². The summed E-state index contributed by atoms with van der Waals surface area (Å²) in [7, 11) is 1.90. The number of benzene rings is 1. The molecule has 1 aromatic carbocycles. The Labute approximate surface area is 275 Å². The second-order valence-electron chi connectivity index (χ2n) is 11.8. The van der Waals surface area contributed by atoms with Crippen LogP contribution >= 0.6 is 11.8 Å². The van der Waals surface area contributed by atoms with Crippen molar-refractivity contribution in [1.29, 1.82) is 0 Å². The smallest absolute Gasteiger partial charge is 0.411 e. The van der Waals surface area contributed by atoms with Crippen LogP contribution in [-0.2, 0) is 19.1 Å². The summed E-state index contributed by atoms with van der Waals surface area (Å²) in [6, 6.07) is 4.42. The lowest BCUT2D eigenvalue weighted by Crippen LogP contribution is -2.76. The third-order valence-electron chi connectivity index (χ3n) is 8.62. The molecule has 4 aliphatic rings. The molecule has 1 spiro atoms. The SMILES string of the molecule is CNCCCCCC(=O)NCCSC1CC(=O)N(c2ccc(NC(=O)OCC3N=C(N)N4CCC(O)(O)C45NC(N)=NC35)cc2)C1=O. The molecule has 4 heterocycles. The van der Waals surface area contributed by atoms with E-state index in [4.69, 9.17) is 16.2 Å². The minimum atomic E-state index is -2.22. The van der Waals surface area contributed by atoms with Crippen LogP contribution in [-0.4, -0.2) is 119 Å². The first-order chi connectivity index (χ1) is 22.5. The van der Waals surface area contributed by atoms with Gasteiger partial charge in [0.05, 0.1) is 10.9 Å². The zero-order chi connectivity index (χ0) is 33.8. The zero-order valence-electron chi connectivity index (χ0n) is 26.1. The van der Waals surface area contributed by atoms with Gasteiger partial charge in [0.15, 0.2) is 17.6 Å². The van der Waals surface area contributed by atoms with Crippen molar-refractivity contribution in [3.05, 3.63) is 24.3 Å². The average molecular weight is 675 g/mol. The fraction of sp³-hybridized carbons (Fsp3) is 0.586. The van der Waals surface area contributed by atoms with Crippen LogP contribution in [0.5, 0.6) is 0 Å². The molecule has 2 fully saturated rings. The molecule has 4 aliphatic heterocycles. The number of amides is 4. The highest BCUT2D eigenvalue weighted by Crippen LogP contribution is 2.44. The zero-order valence-corrected chi connectivity index (χ0v) is 26.9. The van der Waals surface area contributed by atoms with E-state index < -0.39 is 34.9 Å². The fourth-order valence-electron chi connectivity index (χ4n) is 6.32. The van der Waals surface area contributed by atoms with Gasteiger partial charge in [0, 0.05) is 43.8 Å². The van der Waals surface area contributed by atoms with Crippen molar-refractivity contribution >= 4 is 58.9 Å². The molecule has 5 rings (SSSR count). The summed E-state index contributed by atoms with van der Waals surface area (Å²) in [6.07, 6.45) is 2.51. The molecule has 2 saturated heterocycles. The summed E-state index contributed by atoms with van der Waals surface area (Å²) in [6.45, 7) is 1.27.